The summed E-state index contributed by atoms with van der Waals surface area (Å²) >= 11 is 0. The predicted molar refractivity (Wildman–Crippen MR) is 49.7 cm³/mol. The maximum atomic E-state index is 4.02. The van der Waals surface area contributed by atoms with Crippen molar-refractivity contribution in [1.82, 2.24) is 15.0 Å². The van der Waals surface area contributed by atoms with Crippen LogP contribution in [0, 0.1) is 0 Å². The van der Waals surface area contributed by atoms with Gasteiger partial charge < -0.3 is 0 Å². The summed E-state index contributed by atoms with van der Waals surface area (Å²) in [5, 5.41) is 7.97. The molecule has 3 nitrogen and oxygen atoms in total. The van der Waals surface area contributed by atoms with E-state index in [0.29, 0.717) is 0 Å². The Morgan fingerprint density at radius 2 is 2.33 bits per heavy atom. The summed E-state index contributed by atoms with van der Waals surface area (Å²) in [4.78, 5) is 0. The lowest BCUT2D eigenvalue weighted by Crippen LogP contribution is -2.25. The van der Waals surface area contributed by atoms with Crippen LogP contribution in [0.4, 0.5) is 0 Å². The Kier molecular flexibility index (Phi) is 2.31. The van der Waals surface area contributed by atoms with E-state index in [0.717, 1.165) is 12.1 Å². The molecule has 66 valence electrons. The van der Waals surface area contributed by atoms with E-state index in [1.807, 2.05) is 10.9 Å². The van der Waals surface area contributed by atoms with Crippen molar-refractivity contribution >= 4 is 6.08 Å². The third-order valence-electron chi connectivity index (χ3n) is 2.21. The lowest BCUT2D eigenvalue weighted by molar-refractivity contribution is 0.301. The highest BCUT2D eigenvalue weighted by molar-refractivity contribution is 5.38. The van der Waals surface area contributed by atoms with Crippen molar-refractivity contribution in [2.75, 3.05) is 0 Å². The molecule has 1 aromatic heterocycles. The zero-order valence-electron chi connectivity index (χ0n) is 7.91. The molecule has 0 fully saturated rings. The van der Waals surface area contributed by atoms with Crippen molar-refractivity contribution in [3.63, 3.8) is 0 Å². The summed E-state index contributed by atoms with van der Waals surface area (Å²) in [6.07, 6.45) is 4.65. The number of hydrogen-bond acceptors (Lipinski definition) is 2. The summed E-state index contributed by atoms with van der Waals surface area (Å²) in [5.74, 6) is 0. The molecule has 0 spiro atoms. The molecular weight excluding hydrogens is 150 g/mol. The van der Waals surface area contributed by atoms with Gasteiger partial charge in [0.05, 0.1) is 11.7 Å². The molecule has 12 heavy (non-hydrogen) atoms. The average Bonchev–Trinajstić information content (AvgIpc) is 2.52. The van der Waals surface area contributed by atoms with Gasteiger partial charge in [0.1, 0.15) is 5.69 Å². The van der Waals surface area contributed by atoms with E-state index in [-0.39, 0.29) is 5.54 Å². The van der Waals surface area contributed by atoms with Gasteiger partial charge in [0.25, 0.3) is 0 Å². The topological polar surface area (TPSA) is 30.7 Å². The summed E-state index contributed by atoms with van der Waals surface area (Å²) in [5.41, 5.74) is 0.880. The molecule has 1 rings (SSSR count). The van der Waals surface area contributed by atoms with Gasteiger partial charge in [-0.1, -0.05) is 18.7 Å². The largest absolute Gasteiger partial charge is 0.246 e. The number of aromatic nitrogens is 3. The normalized spacial score (nSPS) is 11.6. The van der Waals surface area contributed by atoms with E-state index in [1.54, 1.807) is 6.08 Å². The Balaban J connectivity index is 2.95. The SMILES string of the molecule is C=Cc1cn(C(C)(C)CC)nn1. The Hall–Kier alpha value is -1.12. The third kappa shape index (κ3) is 1.55. The van der Waals surface area contributed by atoms with Gasteiger partial charge in [-0.25, -0.2) is 4.68 Å². The minimum Gasteiger partial charge on any atom is -0.246 e. The molecule has 1 heterocycles. The van der Waals surface area contributed by atoms with Crippen LogP contribution in [0.5, 0.6) is 0 Å². The first-order valence-corrected chi connectivity index (χ1v) is 4.15. The Morgan fingerprint density at radius 1 is 1.67 bits per heavy atom. The molecule has 0 unspecified atom stereocenters. The zero-order valence-corrected chi connectivity index (χ0v) is 7.91. The Morgan fingerprint density at radius 3 is 2.75 bits per heavy atom. The minimum absolute atomic E-state index is 0.0499. The Bertz CT molecular complexity index is 273. The molecule has 0 aliphatic heterocycles. The standard InChI is InChI=1S/C9H15N3/c1-5-8-7-12(11-10-8)9(3,4)6-2/h5,7H,1,6H2,2-4H3. The number of nitrogens with zero attached hydrogens (tertiary/aromatic N) is 3. The summed E-state index contributed by atoms with van der Waals surface area (Å²) in [6, 6.07) is 0. The van der Waals surface area contributed by atoms with Crippen molar-refractivity contribution in [3.8, 4) is 0 Å². The lowest BCUT2D eigenvalue weighted by Gasteiger charge is -2.21. The first-order valence-electron chi connectivity index (χ1n) is 4.15. The second-order valence-electron chi connectivity index (χ2n) is 3.46. The van der Waals surface area contributed by atoms with Crippen LogP contribution in [0.1, 0.15) is 32.9 Å². The molecule has 0 aliphatic carbocycles. The van der Waals surface area contributed by atoms with E-state index in [9.17, 15) is 0 Å². The van der Waals surface area contributed by atoms with Gasteiger partial charge in [0, 0.05) is 0 Å². The van der Waals surface area contributed by atoms with E-state index < -0.39 is 0 Å². The van der Waals surface area contributed by atoms with E-state index >= 15 is 0 Å². The molecule has 0 saturated carbocycles. The number of hydrogen-bond donors (Lipinski definition) is 0. The molecule has 0 amide bonds. The van der Waals surface area contributed by atoms with Crippen molar-refractivity contribution in [2.24, 2.45) is 0 Å². The average molecular weight is 165 g/mol. The van der Waals surface area contributed by atoms with Gasteiger partial charge >= 0.3 is 0 Å². The zero-order chi connectivity index (χ0) is 9.19. The molecule has 0 aromatic carbocycles. The molecule has 0 radical (unpaired) electrons. The van der Waals surface area contributed by atoms with Crippen LogP contribution < -0.4 is 0 Å². The van der Waals surface area contributed by atoms with Crippen molar-refractivity contribution in [2.45, 2.75) is 32.7 Å². The van der Waals surface area contributed by atoms with Crippen LogP contribution in [0.15, 0.2) is 12.8 Å². The summed E-state index contributed by atoms with van der Waals surface area (Å²) in [6.45, 7) is 10.0. The molecule has 0 atom stereocenters. The van der Waals surface area contributed by atoms with Crippen molar-refractivity contribution < 1.29 is 0 Å². The quantitative estimate of drug-likeness (QED) is 0.686. The summed E-state index contributed by atoms with van der Waals surface area (Å²) in [7, 11) is 0. The fourth-order valence-corrected chi connectivity index (χ4v) is 0.828. The van der Waals surface area contributed by atoms with Gasteiger partial charge in [0.2, 0.25) is 0 Å². The van der Waals surface area contributed by atoms with Gasteiger partial charge in [-0.2, -0.15) is 0 Å². The first-order chi connectivity index (χ1) is 5.60. The van der Waals surface area contributed by atoms with Gasteiger partial charge in [-0.05, 0) is 26.3 Å². The van der Waals surface area contributed by atoms with Crippen LogP contribution in [-0.2, 0) is 5.54 Å². The summed E-state index contributed by atoms with van der Waals surface area (Å²) < 4.78 is 1.88. The van der Waals surface area contributed by atoms with Gasteiger partial charge in [0.15, 0.2) is 0 Å². The lowest BCUT2D eigenvalue weighted by atomic mass is 10.0. The fraction of sp³-hybridized carbons (Fsp3) is 0.556. The minimum atomic E-state index is 0.0499. The second-order valence-corrected chi connectivity index (χ2v) is 3.46. The van der Waals surface area contributed by atoms with Crippen molar-refractivity contribution in [1.29, 1.82) is 0 Å². The fourth-order valence-electron chi connectivity index (χ4n) is 0.828. The van der Waals surface area contributed by atoms with Crippen LogP contribution >= 0.6 is 0 Å². The highest BCUT2D eigenvalue weighted by Gasteiger charge is 2.18. The van der Waals surface area contributed by atoms with Crippen LogP contribution in [0.2, 0.25) is 0 Å². The van der Waals surface area contributed by atoms with Crippen LogP contribution in [0.3, 0.4) is 0 Å². The molecule has 0 N–H and O–H groups in total. The predicted octanol–water partition coefficient (Wildman–Crippen LogP) is 2.07. The molecular formula is C9H15N3. The highest BCUT2D eigenvalue weighted by atomic mass is 15.4. The van der Waals surface area contributed by atoms with Crippen LogP contribution in [0.25, 0.3) is 6.08 Å². The smallest absolute Gasteiger partial charge is 0.105 e. The maximum Gasteiger partial charge on any atom is 0.105 e. The van der Waals surface area contributed by atoms with E-state index in [4.69, 9.17) is 0 Å². The maximum absolute atomic E-state index is 4.02. The van der Waals surface area contributed by atoms with Crippen molar-refractivity contribution in [3.05, 3.63) is 18.5 Å². The molecule has 0 bridgehead atoms. The molecule has 0 saturated heterocycles. The molecule has 0 aliphatic rings. The molecule has 3 heteroatoms. The third-order valence-corrected chi connectivity index (χ3v) is 2.21. The monoisotopic (exact) mass is 165 g/mol. The van der Waals surface area contributed by atoms with Crippen LogP contribution in [-0.4, -0.2) is 15.0 Å². The van der Waals surface area contributed by atoms with E-state index in [1.165, 1.54) is 0 Å². The van der Waals surface area contributed by atoms with E-state index in [2.05, 4.69) is 37.7 Å². The second kappa shape index (κ2) is 3.09. The molecule has 1 aromatic rings. The highest BCUT2D eigenvalue weighted by Crippen LogP contribution is 2.17. The first kappa shape index (κ1) is 8.97. The van der Waals surface area contributed by atoms with Gasteiger partial charge in [-0.15, -0.1) is 5.10 Å². The Labute approximate surface area is 73.1 Å². The van der Waals surface area contributed by atoms with Gasteiger partial charge in [-0.3, -0.25) is 0 Å². The number of rotatable bonds is 3.